The predicted octanol–water partition coefficient (Wildman–Crippen LogP) is 5.02. The standard InChI is InChI=1S/C20H20Cl2N2O3/c1-4-24-16-8-6-13(10-17(16)27-11-20(2,3)19(24)26)23-18(25)12-5-7-14(21)15(22)9-12/h5-10H,4,11H2,1-3H3,(H,23,25). The summed E-state index contributed by atoms with van der Waals surface area (Å²) in [6.07, 6.45) is 0. The van der Waals surface area contributed by atoms with E-state index in [0.29, 0.717) is 39.3 Å². The van der Waals surface area contributed by atoms with E-state index < -0.39 is 5.41 Å². The van der Waals surface area contributed by atoms with Crippen molar-refractivity contribution in [2.75, 3.05) is 23.4 Å². The molecule has 142 valence electrons. The van der Waals surface area contributed by atoms with Gasteiger partial charge in [-0.15, -0.1) is 0 Å². The number of rotatable bonds is 3. The summed E-state index contributed by atoms with van der Waals surface area (Å²) in [6.45, 7) is 6.43. The molecule has 2 aromatic rings. The van der Waals surface area contributed by atoms with Crippen LogP contribution in [-0.4, -0.2) is 25.0 Å². The summed E-state index contributed by atoms with van der Waals surface area (Å²) in [4.78, 5) is 26.9. The second-order valence-electron chi connectivity index (χ2n) is 6.99. The molecule has 1 aliphatic heterocycles. The molecule has 2 amide bonds. The summed E-state index contributed by atoms with van der Waals surface area (Å²) in [7, 11) is 0. The van der Waals surface area contributed by atoms with Crippen molar-refractivity contribution in [3.63, 3.8) is 0 Å². The zero-order valence-corrected chi connectivity index (χ0v) is 16.8. The quantitative estimate of drug-likeness (QED) is 0.778. The molecule has 0 aromatic heterocycles. The predicted molar refractivity (Wildman–Crippen MR) is 108 cm³/mol. The van der Waals surface area contributed by atoms with E-state index >= 15 is 0 Å². The Morgan fingerprint density at radius 3 is 2.59 bits per heavy atom. The summed E-state index contributed by atoms with van der Waals surface area (Å²) in [5.74, 6) is 0.255. The Bertz CT molecular complexity index is 912. The van der Waals surface area contributed by atoms with Gasteiger partial charge in [0.1, 0.15) is 12.4 Å². The van der Waals surface area contributed by atoms with Crippen molar-refractivity contribution in [3.05, 3.63) is 52.0 Å². The summed E-state index contributed by atoms with van der Waals surface area (Å²) in [6, 6.07) is 9.94. The Labute approximate surface area is 168 Å². The van der Waals surface area contributed by atoms with Crippen molar-refractivity contribution in [1.82, 2.24) is 0 Å². The number of anilines is 2. The fraction of sp³-hybridized carbons (Fsp3) is 0.300. The van der Waals surface area contributed by atoms with Gasteiger partial charge < -0.3 is 15.0 Å². The van der Waals surface area contributed by atoms with Gasteiger partial charge in [0.05, 0.1) is 21.1 Å². The Morgan fingerprint density at radius 1 is 1.19 bits per heavy atom. The van der Waals surface area contributed by atoms with E-state index in [0.717, 1.165) is 0 Å². The molecule has 27 heavy (non-hydrogen) atoms. The Hall–Kier alpha value is -2.24. The molecule has 0 bridgehead atoms. The van der Waals surface area contributed by atoms with E-state index in [-0.39, 0.29) is 18.4 Å². The van der Waals surface area contributed by atoms with Gasteiger partial charge in [-0.2, -0.15) is 0 Å². The smallest absolute Gasteiger partial charge is 0.255 e. The zero-order valence-electron chi connectivity index (χ0n) is 15.3. The first kappa shape index (κ1) is 19.5. The number of ether oxygens (including phenoxy) is 1. The van der Waals surface area contributed by atoms with Gasteiger partial charge in [0.25, 0.3) is 5.91 Å². The number of amides is 2. The van der Waals surface area contributed by atoms with Gasteiger partial charge >= 0.3 is 0 Å². The molecule has 5 nitrogen and oxygen atoms in total. The van der Waals surface area contributed by atoms with Crippen LogP contribution in [0.4, 0.5) is 11.4 Å². The van der Waals surface area contributed by atoms with E-state index in [9.17, 15) is 9.59 Å². The van der Waals surface area contributed by atoms with Gasteiger partial charge in [0, 0.05) is 23.9 Å². The Kier molecular flexibility index (Phi) is 5.36. The maximum Gasteiger partial charge on any atom is 0.255 e. The van der Waals surface area contributed by atoms with E-state index in [2.05, 4.69) is 5.32 Å². The van der Waals surface area contributed by atoms with E-state index in [1.165, 1.54) is 6.07 Å². The molecule has 0 saturated heterocycles. The lowest BCUT2D eigenvalue weighted by atomic mass is 9.93. The van der Waals surface area contributed by atoms with E-state index in [4.69, 9.17) is 27.9 Å². The first-order valence-corrected chi connectivity index (χ1v) is 9.34. The van der Waals surface area contributed by atoms with Crippen LogP contribution in [0.1, 0.15) is 31.1 Å². The highest BCUT2D eigenvalue weighted by Crippen LogP contribution is 2.38. The maximum atomic E-state index is 12.7. The van der Waals surface area contributed by atoms with Gasteiger partial charge in [-0.05, 0) is 51.1 Å². The molecule has 0 atom stereocenters. The zero-order chi connectivity index (χ0) is 19.8. The van der Waals surface area contributed by atoms with E-state index in [1.807, 2.05) is 20.8 Å². The lowest BCUT2D eigenvalue weighted by Gasteiger charge is -2.26. The first-order chi connectivity index (χ1) is 12.7. The van der Waals surface area contributed by atoms with Crippen LogP contribution in [-0.2, 0) is 4.79 Å². The third-order valence-electron chi connectivity index (χ3n) is 4.42. The van der Waals surface area contributed by atoms with Gasteiger partial charge in [-0.1, -0.05) is 23.2 Å². The van der Waals surface area contributed by atoms with Crippen LogP contribution in [0.25, 0.3) is 0 Å². The van der Waals surface area contributed by atoms with Crippen molar-refractivity contribution in [3.8, 4) is 5.75 Å². The Morgan fingerprint density at radius 2 is 1.93 bits per heavy atom. The van der Waals surface area contributed by atoms with Crippen LogP contribution in [0.2, 0.25) is 10.0 Å². The second kappa shape index (κ2) is 7.41. The van der Waals surface area contributed by atoms with Crippen molar-refractivity contribution in [2.45, 2.75) is 20.8 Å². The highest BCUT2D eigenvalue weighted by Gasteiger charge is 2.37. The molecule has 1 heterocycles. The lowest BCUT2D eigenvalue weighted by Crippen LogP contribution is -2.42. The minimum Gasteiger partial charge on any atom is -0.490 e. The first-order valence-electron chi connectivity index (χ1n) is 8.58. The highest BCUT2D eigenvalue weighted by atomic mass is 35.5. The third kappa shape index (κ3) is 3.89. The number of nitrogens with zero attached hydrogens (tertiary/aromatic N) is 1. The fourth-order valence-electron chi connectivity index (χ4n) is 2.88. The van der Waals surface area contributed by atoms with Crippen LogP contribution in [0.3, 0.4) is 0 Å². The molecule has 0 spiro atoms. The van der Waals surface area contributed by atoms with Crippen LogP contribution in [0, 0.1) is 5.41 Å². The summed E-state index contributed by atoms with van der Waals surface area (Å²) in [5, 5.41) is 3.52. The summed E-state index contributed by atoms with van der Waals surface area (Å²) in [5.41, 5.74) is 1.03. The maximum absolute atomic E-state index is 12.7. The third-order valence-corrected chi connectivity index (χ3v) is 5.16. The van der Waals surface area contributed by atoms with Crippen molar-refractivity contribution >= 4 is 46.4 Å². The fourth-order valence-corrected chi connectivity index (χ4v) is 3.18. The second-order valence-corrected chi connectivity index (χ2v) is 7.80. The van der Waals surface area contributed by atoms with Gasteiger partial charge in [-0.25, -0.2) is 0 Å². The topological polar surface area (TPSA) is 58.6 Å². The molecule has 0 saturated carbocycles. The molecule has 2 aromatic carbocycles. The monoisotopic (exact) mass is 406 g/mol. The Balaban J connectivity index is 1.88. The van der Waals surface area contributed by atoms with Gasteiger partial charge in [0.15, 0.2) is 0 Å². The van der Waals surface area contributed by atoms with Crippen LogP contribution < -0.4 is 15.0 Å². The number of fused-ring (bicyclic) bond motifs is 1. The number of carbonyl (C=O) groups excluding carboxylic acids is 2. The average molecular weight is 407 g/mol. The lowest BCUT2D eigenvalue weighted by molar-refractivity contribution is -0.127. The number of carbonyl (C=O) groups is 2. The minimum atomic E-state index is -0.626. The molecule has 1 N–H and O–H groups in total. The molecule has 3 rings (SSSR count). The number of benzene rings is 2. The highest BCUT2D eigenvalue weighted by molar-refractivity contribution is 6.42. The molecule has 0 aliphatic carbocycles. The van der Waals surface area contributed by atoms with Crippen LogP contribution >= 0.6 is 23.2 Å². The number of hydrogen-bond donors (Lipinski definition) is 1. The largest absolute Gasteiger partial charge is 0.490 e. The number of hydrogen-bond acceptors (Lipinski definition) is 3. The van der Waals surface area contributed by atoms with Crippen LogP contribution in [0.5, 0.6) is 5.75 Å². The number of halogens is 2. The molecule has 0 radical (unpaired) electrons. The molecular weight excluding hydrogens is 387 g/mol. The van der Waals surface area contributed by atoms with Gasteiger partial charge in [0.2, 0.25) is 5.91 Å². The molecule has 1 aliphatic rings. The van der Waals surface area contributed by atoms with Gasteiger partial charge in [-0.3, -0.25) is 9.59 Å². The number of nitrogens with one attached hydrogen (secondary N) is 1. The van der Waals surface area contributed by atoms with Crippen LogP contribution in [0.15, 0.2) is 36.4 Å². The molecule has 0 unspecified atom stereocenters. The molecule has 0 fully saturated rings. The summed E-state index contributed by atoms with van der Waals surface area (Å²) < 4.78 is 5.88. The normalized spacial score (nSPS) is 15.6. The molecule has 7 heteroatoms. The van der Waals surface area contributed by atoms with Crippen molar-refractivity contribution in [1.29, 1.82) is 0 Å². The van der Waals surface area contributed by atoms with E-state index in [1.54, 1.807) is 35.2 Å². The SMILES string of the molecule is CCN1C(=O)C(C)(C)COc2cc(NC(=O)c3ccc(Cl)c(Cl)c3)ccc21. The molecular formula is C20H20Cl2N2O3. The minimum absolute atomic E-state index is 0.0105. The van der Waals surface area contributed by atoms with Crippen molar-refractivity contribution < 1.29 is 14.3 Å². The summed E-state index contributed by atoms with van der Waals surface area (Å²) >= 11 is 11.9. The van der Waals surface area contributed by atoms with Crippen molar-refractivity contribution in [2.24, 2.45) is 5.41 Å². The average Bonchev–Trinajstić information content (AvgIpc) is 2.72.